The lowest BCUT2D eigenvalue weighted by Crippen LogP contribution is -2.60. The lowest BCUT2D eigenvalue weighted by molar-refractivity contribution is -0.385. The minimum Gasteiger partial charge on any atom is -0.481 e. The van der Waals surface area contributed by atoms with Crippen LogP contribution < -0.4 is 44.3 Å². The molecule has 8 aliphatic rings. The molecule has 29 nitrogen and oxygen atoms in total. The molecule has 8 aliphatic heterocycles. The summed E-state index contributed by atoms with van der Waals surface area (Å²) in [7, 11) is 0. The van der Waals surface area contributed by atoms with Crippen molar-refractivity contribution in [3.05, 3.63) is 279 Å². The number of nitro groups is 4. The van der Waals surface area contributed by atoms with Crippen LogP contribution in [0.5, 0.6) is 23.0 Å². The maximum atomic E-state index is 11.0. The molecule has 4 unspecified atom stereocenters. The lowest BCUT2D eigenvalue weighted by atomic mass is 9.76. The number of hydrogen-bond acceptors (Lipinski definition) is 23. The Labute approximate surface area is 656 Å². The predicted octanol–water partition coefficient (Wildman–Crippen LogP) is 13.2. The number of nitro benzene ring substituents is 4. The quantitative estimate of drug-likeness (QED) is 0.0349. The second kappa shape index (κ2) is 31.2. The number of nitrogens with zero attached hydrogens (tertiary/aromatic N) is 8. The normalized spacial score (nSPS) is 21.2. The zero-order valence-corrected chi connectivity index (χ0v) is 64.0. The van der Waals surface area contributed by atoms with Gasteiger partial charge in [-0.15, -0.1) is 0 Å². The number of aliphatic hydroxyl groups is 4. The molecule has 4 spiro atoms. The third kappa shape index (κ3) is 13.8. The van der Waals surface area contributed by atoms with E-state index < -0.39 is 60.6 Å². The van der Waals surface area contributed by atoms with E-state index in [-0.39, 0.29) is 83.7 Å². The van der Waals surface area contributed by atoms with Gasteiger partial charge in [0.05, 0.1) is 67.8 Å². The fourth-order valence-electron chi connectivity index (χ4n) is 16.8. The summed E-state index contributed by atoms with van der Waals surface area (Å²) < 4.78 is 25.9. The van der Waals surface area contributed by atoms with Gasteiger partial charge in [-0.25, -0.2) is 0 Å². The van der Waals surface area contributed by atoms with Crippen LogP contribution in [0.2, 0.25) is 0 Å². The van der Waals surface area contributed by atoms with Crippen molar-refractivity contribution >= 4 is 81.7 Å². The van der Waals surface area contributed by atoms with E-state index in [4.69, 9.17) is 34.9 Å². The summed E-state index contributed by atoms with van der Waals surface area (Å²) in [6.07, 6.45) is 15.1. The summed E-state index contributed by atoms with van der Waals surface area (Å²) in [5, 5.41) is 98.9. The number of nitrogens with two attached hydrogens (primary N) is 1. The monoisotopic (exact) mass is 1560 g/mol. The van der Waals surface area contributed by atoms with E-state index in [9.17, 15) is 70.5 Å². The number of anilines is 4. The van der Waals surface area contributed by atoms with Gasteiger partial charge in [0.25, 0.3) is 22.7 Å². The number of benzene rings is 8. The summed E-state index contributed by atoms with van der Waals surface area (Å²) in [5.74, 6) is 0.200. The molecule has 594 valence electrons. The van der Waals surface area contributed by atoms with Gasteiger partial charge in [-0.1, -0.05) is 72.8 Å². The molecule has 114 heavy (non-hydrogen) atoms. The molecule has 8 heterocycles. The van der Waals surface area contributed by atoms with Crippen LogP contribution in [0, 0.1) is 40.5 Å². The lowest BCUT2D eigenvalue weighted by Gasteiger charge is -2.47. The van der Waals surface area contributed by atoms with E-state index in [1.807, 2.05) is 121 Å². The number of carbonyl (C=O) groups is 2. The molecule has 0 radical (unpaired) electrons. The Kier molecular flexibility index (Phi) is 22.2. The largest absolute Gasteiger partial charge is 0.481 e. The number of hydrogen-bond donors (Lipinski definition) is 7. The minimum absolute atomic E-state index is 0.00349. The molecule has 16 rings (SSSR count). The van der Waals surface area contributed by atoms with Gasteiger partial charge in [0, 0.05) is 126 Å². The van der Waals surface area contributed by atoms with Crippen LogP contribution in [0.1, 0.15) is 113 Å². The first-order valence-corrected chi connectivity index (χ1v) is 37.0. The standard InChI is InChI=1S/4C20H20N2O4.C5H9NO4/c4*1-19(2)16-5-3-4-6-17(16)21(11-12-23)20(19)10-9-14-13-15(22(24)25)7-8-18(14)26-20;6-3(5(9)10)1-2-4(7)8/h4*3-10,13,23H,11-12H2,1-2H3;3H,1-2,6H2,(H,7,8)(H,9,10)/t;;;;3-/m....0/s1. The second-order valence-electron chi connectivity index (χ2n) is 30.4. The first kappa shape index (κ1) is 81.0. The van der Waals surface area contributed by atoms with Crippen LogP contribution in [0.15, 0.2) is 194 Å². The van der Waals surface area contributed by atoms with E-state index in [0.717, 1.165) is 45.0 Å². The third-order valence-electron chi connectivity index (χ3n) is 22.8. The van der Waals surface area contributed by atoms with Crippen LogP contribution in [0.4, 0.5) is 45.5 Å². The van der Waals surface area contributed by atoms with Crippen LogP contribution in [-0.2, 0) is 31.2 Å². The molecule has 0 fully saturated rings. The molecule has 8 aromatic carbocycles. The van der Waals surface area contributed by atoms with Crippen molar-refractivity contribution in [2.24, 2.45) is 5.73 Å². The molecule has 0 bridgehead atoms. The van der Waals surface area contributed by atoms with Crippen molar-refractivity contribution in [3.8, 4) is 23.0 Å². The molecule has 0 aliphatic carbocycles. The predicted molar refractivity (Wildman–Crippen MR) is 430 cm³/mol. The molecular formula is C85H89N9O20. The Morgan fingerprint density at radius 3 is 0.789 bits per heavy atom. The minimum atomic E-state index is -1.17. The zero-order chi connectivity index (χ0) is 82.3. The number of para-hydroxylation sites is 4. The van der Waals surface area contributed by atoms with Crippen molar-refractivity contribution in [3.63, 3.8) is 0 Å². The number of fused-ring (bicyclic) bond motifs is 8. The van der Waals surface area contributed by atoms with E-state index in [1.165, 1.54) is 48.5 Å². The van der Waals surface area contributed by atoms with Gasteiger partial charge in [-0.3, -0.25) is 50.0 Å². The summed E-state index contributed by atoms with van der Waals surface area (Å²) >= 11 is 0. The molecule has 5 atom stereocenters. The fourth-order valence-corrected chi connectivity index (χ4v) is 16.8. The number of ether oxygens (including phenoxy) is 4. The topological polar surface area (TPSA) is 404 Å². The maximum absolute atomic E-state index is 11.0. The second-order valence-corrected chi connectivity index (χ2v) is 30.4. The number of aliphatic carboxylic acids is 2. The average Bonchev–Trinajstić information content (AvgIpc) is 1.56. The highest BCUT2D eigenvalue weighted by molar-refractivity contribution is 5.79. The number of carboxylic acids is 2. The van der Waals surface area contributed by atoms with Crippen LogP contribution in [0.25, 0.3) is 24.3 Å². The molecule has 0 saturated heterocycles. The summed E-state index contributed by atoms with van der Waals surface area (Å²) in [5.41, 5.74) is 11.8. The van der Waals surface area contributed by atoms with Crippen molar-refractivity contribution < 1.29 is 78.9 Å². The van der Waals surface area contributed by atoms with E-state index in [1.54, 1.807) is 24.3 Å². The Morgan fingerprint density at radius 2 is 0.596 bits per heavy atom. The first-order chi connectivity index (χ1) is 54.2. The molecule has 8 aromatic rings. The fraction of sp³-hybridized carbons (Fsp3) is 0.318. The smallest absolute Gasteiger partial charge is 0.320 e. The summed E-state index contributed by atoms with van der Waals surface area (Å²) in [6.45, 7) is 18.6. The Balaban J connectivity index is 0.000000135. The number of rotatable bonds is 16. The van der Waals surface area contributed by atoms with Gasteiger partial charge in [-0.2, -0.15) is 0 Å². The van der Waals surface area contributed by atoms with Gasteiger partial charge in [0.15, 0.2) is 0 Å². The van der Waals surface area contributed by atoms with Crippen molar-refractivity contribution in [2.45, 2.75) is 119 Å². The summed E-state index contributed by atoms with van der Waals surface area (Å²) in [6, 6.07) is 49.8. The van der Waals surface area contributed by atoms with Crippen molar-refractivity contribution in [1.29, 1.82) is 0 Å². The Bertz CT molecular complexity index is 4630. The number of carboxylic acid groups (broad SMARTS) is 2. The van der Waals surface area contributed by atoms with Crippen LogP contribution >= 0.6 is 0 Å². The van der Waals surface area contributed by atoms with Gasteiger partial charge in [0.1, 0.15) is 29.0 Å². The van der Waals surface area contributed by atoms with Crippen molar-refractivity contribution in [1.82, 2.24) is 0 Å². The Morgan fingerprint density at radius 1 is 0.377 bits per heavy atom. The highest BCUT2D eigenvalue weighted by Gasteiger charge is 2.63. The van der Waals surface area contributed by atoms with Crippen LogP contribution in [0.3, 0.4) is 0 Å². The molecule has 0 saturated carbocycles. The SMILES string of the molecule is CC1(C)c2ccccc2N(CCO)C12C=Cc1cc([N+](=O)[O-])ccc1O2.CC1(C)c2ccccc2N(CCO)C12C=Cc1cc([N+](=O)[O-])ccc1O2.CC1(C)c2ccccc2N(CCO)C12C=Cc1cc([N+](=O)[O-])ccc1O2.CC1(C)c2ccccc2N(CCO)C12C=Cc1cc([N+](=O)[O-])ccc1O2.N[C@@H](CCC(=O)O)C(=O)O. The molecule has 29 heteroatoms. The van der Waals surface area contributed by atoms with Gasteiger partial charge >= 0.3 is 11.9 Å². The van der Waals surface area contributed by atoms with E-state index >= 15 is 0 Å². The third-order valence-corrected chi connectivity index (χ3v) is 22.8. The Hall–Kier alpha value is -12.5. The maximum Gasteiger partial charge on any atom is 0.320 e. The summed E-state index contributed by atoms with van der Waals surface area (Å²) in [4.78, 5) is 70.6. The molecule has 0 aromatic heterocycles. The molecule has 8 N–H and O–H groups in total. The van der Waals surface area contributed by atoms with E-state index in [2.05, 4.69) is 99.3 Å². The average molecular weight is 1560 g/mol. The van der Waals surface area contributed by atoms with Gasteiger partial charge in [0.2, 0.25) is 22.9 Å². The first-order valence-electron chi connectivity index (χ1n) is 37.0. The van der Waals surface area contributed by atoms with Gasteiger partial charge < -0.3 is 74.9 Å². The number of aliphatic hydroxyl groups excluding tert-OH is 4. The highest BCUT2D eigenvalue weighted by Crippen LogP contribution is 2.60. The van der Waals surface area contributed by atoms with E-state index in [0.29, 0.717) is 71.4 Å². The number of non-ortho nitro benzene ring substituents is 4. The van der Waals surface area contributed by atoms with Crippen LogP contribution in [-0.4, -0.2) is 144 Å². The number of β-amino-alcohol motifs (C(OH)–C–C–N with tert-alkyl or cyclic N) is 4. The molecule has 0 amide bonds. The zero-order valence-electron chi connectivity index (χ0n) is 64.0. The van der Waals surface area contributed by atoms with Gasteiger partial charge in [-0.05, 0) is 181 Å². The molecular weight excluding hydrogens is 1470 g/mol. The highest BCUT2D eigenvalue weighted by atomic mass is 16.6. The van der Waals surface area contributed by atoms with Crippen molar-refractivity contribution in [2.75, 3.05) is 72.2 Å².